The van der Waals surface area contributed by atoms with Gasteiger partial charge in [-0.25, -0.2) is 13.6 Å². The maximum absolute atomic E-state index is 13.0. The normalized spacial score (nSPS) is 11.6. The van der Waals surface area contributed by atoms with Crippen LogP contribution in [0.2, 0.25) is 0 Å². The maximum atomic E-state index is 13.0. The minimum atomic E-state index is -3.74. The van der Waals surface area contributed by atoms with Gasteiger partial charge in [0.1, 0.15) is 11.3 Å². The number of nitrogens with zero attached hydrogens (tertiary/aromatic N) is 1. The van der Waals surface area contributed by atoms with Gasteiger partial charge in [-0.2, -0.15) is 0 Å². The summed E-state index contributed by atoms with van der Waals surface area (Å²) in [6.45, 7) is 2.19. The third-order valence-corrected chi connectivity index (χ3v) is 10.2. The Morgan fingerprint density at radius 3 is 2.04 bits per heavy atom. The monoisotopic (exact) mass is 679 g/mol. The number of sulfonamides is 1. The number of rotatable bonds is 13. The second kappa shape index (κ2) is 15.1. The van der Waals surface area contributed by atoms with Crippen molar-refractivity contribution < 1.29 is 17.6 Å². The Balaban J connectivity index is 1.07. The van der Waals surface area contributed by atoms with Gasteiger partial charge in [-0.3, -0.25) is 14.4 Å². The number of nitrogens with one attached hydrogen (secondary N) is 1. The molecule has 6 aromatic rings. The van der Waals surface area contributed by atoms with E-state index in [0.29, 0.717) is 18.7 Å². The molecule has 0 aliphatic rings. The lowest BCUT2D eigenvalue weighted by atomic mass is 10.1. The molecule has 0 unspecified atom stereocenters. The Hall–Kier alpha value is -4.32. The van der Waals surface area contributed by atoms with Crippen LogP contribution in [0.4, 0.5) is 0 Å². The quantitative estimate of drug-likeness (QED) is 0.0942. The zero-order chi connectivity index (χ0) is 32.6. The molecule has 0 atom stereocenters. The largest absolute Gasteiger partial charge is 0.456 e. The standard InChI is InChI=1S/C37H33N3O4S3/c38-47(42,43)34-18-13-28(14-19-34)26-40(21-22-45-32-9-5-2-6-10-32)25-27-11-16-33(17-12-27)46-39-37(41)30-15-20-35-31(23-30)24-36(44-35)29-7-3-1-4-8-29/h1-20,23-24H,21-22,25-26H2,(H,39,41)(H2,38,42,43). The van der Waals surface area contributed by atoms with Gasteiger partial charge in [-0.15, -0.1) is 11.8 Å². The number of carbonyl (C=O) groups is 1. The van der Waals surface area contributed by atoms with Gasteiger partial charge in [0, 0.05) is 51.7 Å². The van der Waals surface area contributed by atoms with Gasteiger partial charge < -0.3 is 4.42 Å². The summed E-state index contributed by atoms with van der Waals surface area (Å²) in [5.74, 6) is 1.48. The summed E-state index contributed by atoms with van der Waals surface area (Å²) < 4.78 is 32.3. The number of benzene rings is 5. The molecule has 0 spiro atoms. The molecule has 0 aliphatic heterocycles. The first-order valence-electron chi connectivity index (χ1n) is 15.0. The van der Waals surface area contributed by atoms with Gasteiger partial charge in [-0.1, -0.05) is 72.8 Å². The Morgan fingerprint density at radius 2 is 1.38 bits per heavy atom. The molecule has 1 heterocycles. The van der Waals surface area contributed by atoms with Gasteiger partial charge in [0.2, 0.25) is 10.0 Å². The molecular weight excluding hydrogens is 647 g/mol. The van der Waals surface area contributed by atoms with Gasteiger partial charge in [0.05, 0.1) is 4.90 Å². The summed E-state index contributed by atoms with van der Waals surface area (Å²) in [6, 6.07) is 42.4. The highest BCUT2D eigenvalue weighted by atomic mass is 32.2. The maximum Gasteiger partial charge on any atom is 0.261 e. The number of hydrogen-bond acceptors (Lipinski definition) is 7. The highest BCUT2D eigenvalue weighted by Gasteiger charge is 2.13. The topological polar surface area (TPSA) is 106 Å². The molecule has 7 nitrogen and oxygen atoms in total. The highest BCUT2D eigenvalue weighted by molar-refractivity contribution is 7.99. The predicted molar refractivity (Wildman–Crippen MR) is 191 cm³/mol. The summed E-state index contributed by atoms with van der Waals surface area (Å²) >= 11 is 3.08. The van der Waals surface area contributed by atoms with E-state index in [1.165, 1.54) is 16.8 Å². The van der Waals surface area contributed by atoms with Crippen molar-refractivity contribution in [1.82, 2.24) is 9.62 Å². The zero-order valence-corrected chi connectivity index (χ0v) is 27.9. The van der Waals surface area contributed by atoms with Crippen molar-refractivity contribution in [3.8, 4) is 11.3 Å². The van der Waals surface area contributed by atoms with Crippen LogP contribution in [0.3, 0.4) is 0 Å². The van der Waals surface area contributed by atoms with E-state index in [9.17, 15) is 13.2 Å². The highest BCUT2D eigenvalue weighted by Crippen LogP contribution is 2.29. The van der Waals surface area contributed by atoms with Crippen molar-refractivity contribution in [2.45, 2.75) is 27.8 Å². The first-order valence-corrected chi connectivity index (χ1v) is 18.3. The Labute approximate surface area is 283 Å². The molecule has 10 heteroatoms. The van der Waals surface area contributed by atoms with Crippen molar-refractivity contribution in [3.63, 3.8) is 0 Å². The minimum absolute atomic E-state index is 0.104. The summed E-state index contributed by atoms with van der Waals surface area (Å²) in [5, 5.41) is 6.15. The molecular formula is C37H33N3O4S3. The number of nitrogens with two attached hydrogens (primary N) is 1. The lowest BCUT2D eigenvalue weighted by molar-refractivity contribution is 0.0984. The minimum Gasteiger partial charge on any atom is -0.456 e. The van der Waals surface area contributed by atoms with E-state index in [4.69, 9.17) is 9.56 Å². The van der Waals surface area contributed by atoms with Crippen molar-refractivity contribution in [2.24, 2.45) is 5.14 Å². The van der Waals surface area contributed by atoms with Crippen LogP contribution in [0, 0.1) is 0 Å². The third-order valence-electron chi connectivity index (χ3n) is 7.51. The molecule has 5 aromatic carbocycles. The molecule has 0 saturated carbocycles. The first-order chi connectivity index (χ1) is 22.8. The number of amides is 1. The second-order valence-electron chi connectivity index (χ2n) is 11.0. The van der Waals surface area contributed by atoms with Gasteiger partial charge in [0.15, 0.2) is 0 Å². The van der Waals surface area contributed by atoms with Gasteiger partial charge in [-0.05, 0) is 83.7 Å². The summed E-state index contributed by atoms with van der Waals surface area (Å²) in [7, 11) is -3.74. The van der Waals surface area contributed by atoms with Crippen molar-refractivity contribution in [1.29, 1.82) is 0 Å². The molecule has 0 fully saturated rings. The molecule has 3 N–H and O–H groups in total. The molecule has 0 saturated heterocycles. The number of furan rings is 1. The molecule has 6 rings (SSSR count). The smallest absolute Gasteiger partial charge is 0.261 e. The number of thioether (sulfide) groups is 1. The third kappa shape index (κ3) is 8.94. The van der Waals surface area contributed by atoms with Crippen molar-refractivity contribution >= 4 is 50.6 Å². The second-order valence-corrected chi connectivity index (χ2v) is 14.6. The van der Waals surface area contributed by atoms with Gasteiger partial charge in [0.25, 0.3) is 5.91 Å². The fourth-order valence-electron chi connectivity index (χ4n) is 5.08. The van der Waals surface area contributed by atoms with Crippen molar-refractivity contribution in [3.05, 3.63) is 150 Å². The SMILES string of the molecule is NS(=O)(=O)c1ccc(CN(CCSc2ccccc2)Cc2ccc(SNC(=O)c3ccc4oc(-c5ccccc5)cc4c3)cc2)cc1. The number of carbonyl (C=O) groups excluding carboxylic acids is 1. The molecule has 0 aliphatic carbocycles. The summed E-state index contributed by atoms with van der Waals surface area (Å²) in [6.07, 6.45) is 0. The molecule has 47 heavy (non-hydrogen) atoms. The van der Waals surface area contributed by atoms with E-state index < -0.39 is 10.0 Å². The molecule has 1 amide bonds. The molecule has 0 radical (unpaired) electrons. The van der Waals surface area contributed by atoms with Crippen LogP contribution in [0.25, 0.3) is 22.3 Å². The predicted octanol–water partition coefficient (Wildman–Crippen LogP) is 7.98. The van der Waals surface area contributed by atoms with Crippen LogP contribution in [-0.4, -0.2) is 31.5 Å². The number of hydrogen-bond donors (Lipinski definition) is 2. The van der Waals surface area contributed by atoms with E-state index >= 15 is 0 Å². The van der Waals surface area contributed by atoms with Crippen LogP contribution in [-0.2, 0) is 23.1 Å². The van der Waals surface area contributed by atoms with E-state index in [1.54, 1.807) is 30.0 Å². The van der Waals surface area contributed by atoms with Gasteiger partial charge >= 0.3 is 0 Å². The van der Waals surface area contributed by atoms with E-state index in [2.05, 4.69) is 33.9 Å². The Kier molecular flexibility index (Phi) is 10.4. The molecule has 0 bridgehead atoms. The van der Waals surface area contributed by atoms with Crippen LogP contribution in [0.5, 0.6) is 0 Å². The number of fused-ring (bicyclic) bond motifs is 1. The lowest BCUT2D eigenvalue weighted by Gasteiger charge is -2.23. The molecule has 1 aromatic heterocycles. The zero-order valence-electron chi connectivity index (χ0n) is 25.4. The van der Waals surface area contributed by atoms with E-state index in [0.717, 1.165) is 50.6 Å². The van der Waals surface area contributed by atoms with E-state index in [-0.39, 0.29) is 10.8 Å². The first kappa shape index (κ1) is 32.6. The summed E-state index contributed by atoms with van der Waals surface area (Å²) in [4.78, 5) is 17.6. The van der Waals surface area contributed by atoms with Crippen molar-refractivity contribution in [2.75, 3.05) is 12.3 Å². The van der Waals surface area contributed by atoms with Crippen LogP contribution in [0.15, 0.2) is 153 Å². The Bertz CT molecular complexity index is 2050. The average Bonchev–Trinajstić information content (AvgIpc) is 3.52. The van der Waals surface area contributed by atoms with Crippen LogP contribution < -0.4 is 9.86 Å². The van der Waals surface area contributed by atoms with Crippen LogP contribution in [0.1, 0.15) is 21.5 Å². The Morgan fingerprint density at radius 1 is 0.745 bits per heavy atom. The summed E-state index contributed by atoms with van der Waals surface area (Å²) in [5.41, 5.74) is 4.41. The lowest BCUT2D eigenvalue weighted by Crippen LogP contribution is -2.25. The van der Waals surface area contributed by atoms with E-state index in [1.807, 2.05) is 91.0 Å². The van der Waals surface area contributed by atoms with Crippen LogP contribution >= 0.6 is 23.7 Å². The fourth-order valence-corrected chi connectivity index (χ4v) is 7.13. The number of primary sulfonamides is 1. The average molecular weight is 680 g/mol. The molecule has 238 valence electrons. The fraction of sp³-hybridized carbons (Fsp3) is 0.108.